The lowest BCUT2D eigenvalue weighted by molar-refractivity contribution is 0.153. The van der Waals surface area contributed by atoms with Crippen molar-refractivity contribution in [1.29, 1.82) is 0 Å². The van der Waals surface area contributed by atoms with Crippen molar-refractivity contribution >= 4 is 11.0 Å². The fraction of sp³-hybridized carbons (Fsp3) is 0.294. The summed E-state index contributed by atoms with van der Waals surface area (Å²) in [5, 5.41) is 4.79. The van der Waals surface area contributed by atoms with E-state index in [-0.39, 0.29) is 5.56 Å². The second-order valence-electron chi connectivity index (χ2n) is 5.36. The van der Waals surface area contributed by atoms with Crippen LogP contribution in [0.2, 0.25) is 0 Å². The zero-order valence-corrected chi connectivity index (χ0v) is 12.8. The molecule has 0 amide bonds. The number of benzene rings is 1. The molecule has 0 bridgehead atoms. The third-order valence-corrected chi connectivity index (χ3v) is 3.79. The molecule has 2 heterocycles. The maximum atomic E-state index is 13.5. The number of halogens is 2. The monoisotopic (exact) mass is 301 g/mol. The number of aromatic nitrogens is 3. The number of aryl methyl sites for hydroxylation is 3. The summed E-state index contributed by atoms with van der Waals surface area (Å²) in [6.07, 6.45) is -2.55. The van der Waals surface area contributed by atoms with Gasteiger partial charge in [0, 0.05) is 17.7 Å². The Bertz CT molecular complexity index is 820. The smallest absolute Gasteiger partial charge is 0.247 e. The molecule has 0 fully saturated rings. The highest BCUT2D eigenvalue weighted by atomic mass is 19.3. The minimum atomic E-state index is -2.55. The topological polar surface area (TPSA) is 30.7 Å². The Labute approximate surface area is 127 Å². The first-order valence-electron chi connectivity index (χ1n) is 7.24. The first-order chi connectivity index (χ1) is 10.5. The highest BCUT2D eigenvalue weighted by Gasteiger charge is 2.20. The molecule has 0 aliphatic heterocycles. The third-order valence-electron chi connectivity index (χ3n) is 3.79. The normalized spacial score (nSPS) is 11.5. The second kappa shape index (κ2) is 5.48. The molecule has 3 nitrogen and oxygen atoms in total. The predicted octanol–water partition coefficient (Wildman–Crippen LogP) is 4.67. The van der Waals surface area contributed by atoms with Crippen molar-refractivity contribution in [2.24, 2.45) is 0 Å². The van der Waals surface area contributed by atoms with Crippen molar-refractivity contribution in [3.8, 4) is 11.3 Å². The Morgan fingerprint density at radius 2 is 1.82 bits per heavy atom. The van der Waals surface area contributed by atoms with E-state index in [1.165, 1.54) is 6.07 Å². The van der Waals surface area contributed by atoms with Crippen molar-refractivity contribution in [3.05, 3.63) is 47.2 Å². The molecule has 0 saturated carbocycles. The van der Waals surface area contributed by atoms with Gasteiger partial charge in [-0.15, -0.1) is 0 Å². The van der Waals surface area contributed by atoms with Gasteiger partial charge in [-0.25, -0.2) is 18.4 Å². The summed E-state index contributed by atoms with van der Waals surface area (Å²) in [5.74, 6) is 0. The standard InChI is InChI=1S/C17H17F2N3/c1-4-22-17-15(11(3)21-22)13(16(18)19)9-14(20-17)12-7-5-10(2)6-8-12/h5-9,16H,4H2,1-3H3. The number of hydrogen-bond acceptors (Lipinski definition) is 2. The van der Waals surface area contributed by atoms with Gasteiger partial charge in [0.15, 0.2) is 5.65 Å². The van der Waals surface area contributed by atoms with E-state index in [1.54, 1.807) is 11.6 Å². The number of alkyl halides is 2. The van der Waals surface area contributed by atoms with Gasteiger partial charge in [-0.1, -0.05) is 29.8 Å². The molecular formula is C17H17F2N3. The number of nitrogens with zero attached hydrogens (tertiary/aromatic N) is 3. The van der Waals surface area contributed by atoms with Crippen LogP contribution < -0.4 is 0 Å². The van der Waals surface area contributed by atoms with Crippen molar-refractivity contribution in [2.45, 2.75) is 33.7 Å². The van der Waals surface area contributed by atoms with Crippen LogP contribution in [0.1, 0.15) is 30.2 Å². The zero-order valence-electron chi connectivity index (χ0n) is 12.8. The summed E-state index contributed by atoms with van der Waals surface area (Å²) in [7, 11) is 0. The van der Waals surface area contributed by atoms with Crippen LogP contribution in [0.3, 0.4) is 0 Å². The number of fused-ring (bicyclic) bond motifs is 1. The van der Waals surface area contributed by atoms with Gasteiger partial charge < -0.3 is 0 Å². The Kier molecular flexibility index (Phi) is 3.64. The van der Waals surface area contributed by atoms with Crippen LogP contribution in [-0.2, 0) is 6.54 Å². The largest absolute Gasteiger partial charge is 0.264 e. The van der Waals surface area contributed by atoms with Crippen molar-refractivity contribution in [1.82, 2.24) is 14.8 Å². The number of pyridine rings is 1. The van der Waals surface area contributed by atoms with Gasteiger partial charge in [-0.2, -0.15) is 5.10 Å². The van der Waals surface area contributed by atoms with E-state index in [2.05, 4.69) is 10.1 Å². The highest BCUT2D eigenvalue weighted by Crippen LogP contribution is 2.33. The summed E-state index contributed by atoms with van der Waals surface area (Å²) in [6, 6.07) is 9.18. The van der Waals surface area contributed by atoms with E-state index in [9.17, 15) is 8.78 Å². The van der Waals surface area contributed by atoms with Crippen LogP contribution in [0.5, 0.6) is 0 Å². The fourth-order valence-corrected chi connectivity index (χ4v) is 2.65. The average molecular weight is 301 g/mol. The van der Waals surface area contributed by atoms with Crippen LogP contribution in [0.4, 0.5) is 8.78 Å². The molecule has 3 aromatic rings. The van der Waals surface area contributed by atoms with Crippen LogP contribution in [0.25, 0.3) is 22.3 Å². The second-order valence-corrected chi connectivity index (χ2v) is 5.36. The van der Waals surface area contributed by atoms with Gasteiger partial charge in [0.25, 0.3) is 6.43 Å². The number of rotatable bonds is 3. The number of hydrogen-bond donors (Lipinski definition) is 0. The highest BCUT2D eigenvalue weighted by molar-refractivity contribution is 5.85. The van der Waals surface area contributed by atoms with Crippen LogP contribution >= 0.6 is 0 Å². The molecule has 3 rings (SSSR count). The Hall–Kier alpha value is -2.30. The lowest BCUT2D eigenvalue weighted by atomic mass is 10.0. The fourth-order valence-electron chi connectivity index (χ4n) is 2.65. The molecule has 0 unspecified atom stereocenters. The lowest BCUT2D eigenvalue weighted by Gasteiger charge is -2.08. The average Bonchev–Trinajstić information content (AvgIpc) is 2.83. The van der Waals surface area contributed by atoms with Crippen molar-refractivity contribution in [3.63, 3.8) is 0 Å². The van der Waals surface area contributed by atoms with E-state index >= 15 is 0 Å². The summed E-state index contributed by atoms with van der Waals surface area (Å²) >= 11 is 0. The molecule has 1 aromatic carbocycles. The Morgan fingerprint density at radius 3 is 2.41 bits per heavy atom. The Morgan fingerprint density at radius 1 is 1.14 bits per heavy atom. The van der Waals surface area contributed by atoms with Gasteiger partial charge in [-0.05, 0) is 26.8 Å². The summed E-state index contributed by atoms with van der Waals surface area (Å²) in [6.45, 7) is 6.25. The van der Waals surface area contributed by atoms with E-state index in [0.29, 0.717) is 29.0 Å². The quantitative estimate of drug-likeness (QED) is 0.703. The lowest BCUT2D eigenvalue weighted by Crippen LogP contribution is -1.99. The zero-order chi connectivity index (χ0) is 15.9. The molecule has 0 atom stereocenters. The van der Waals surface area contributed by atoms with E-state index in [1.807, 2.05) is 38.1 Å². The SMILES string of the molecule is CCn1nc(C)c2c(C(F)F)cc(-c3ccc(C)cc3)nc21. The summed E-state index contributed by atoms with van der Waals surface area (Å²) < 4.78 is 28.6. The van der Waals surface area contributed by atoms with Crippen molar-refractivity contribution in [2.75, 3.05) is 0 Å². The molecule has 22 heavy (non-hydrogen) atoms. The molecule has 0 radical (unpaired) electrons. The summed E-state index contributed by atoms with van der Waals surface area (Å²) in [4.78, 5) is 4.58. The molecule has 0 aliphatic carbocycles. The molecule has 0 saturated heterocycles. The maximum absolute atomic E-state index is 13.5. The van der Waals surface area contributed by atoms with Crippen molar-refractivity contribution < 1.29 is 8.78 Å². The maximum Gasteiger partial charge on any atom is 0.264 e. The van der Waals surface area contributed by atoms with E-state index < -0.39 is 6.43 Å². The minimum absolute atomic E-state index is 0.00206. The summed E-state index contributed by atoms with van der Waals surface area (Å²) in [5.41, 5.74) is 3.61. The van der Waals surface area contributed by atoms with Crippen LogP contribution in [-0.4, -0.2) is 14.8 Å². The predicted molar refractivity (Wildman–Crippen MR) is 83.1 cm³/mol. The van der Waals surface area contributed by atoms with Gasteiger partial charge in [-0.3, -0.25) is 0 Å². The van der Waals surface area contributed by atoms with Gasteiger partial charge in [0.05, 0.1) is 16.8 Å². The first-order valence-corrected chi connectivity index (χ1v) is 7.24. The van der Waals surface area contributed by atoms with Gasteiger partial charge in [0.2, 0.25) is 0 Å². The van der Waals surface area contributed by atoms with Gasteiger partial charge >= 0.3 is 0 Å². The van der Waals surface area contributed by atoms with E-state index in [4.69, 9.17) is 0 Å². The Balaban J connectivity index is 2.30. The third kappa shape index (κ3) is 2.36. The first kappa shape index (κ1) is 14.6. The molecule has 0 aliphatic rings. The minimum Gasteiger partial charge on any atom is -0.247 e. The molecule has 2 aromatic heterocycles. The molecule has 0 N–H and O–H groups in total. The molecule has 114 valence electrons. The van der Waals surface area contributed by atoms with E-state index in [0.717, 1.165) is 11.1 Å². The molecule has 0 spiro atoms. The molecule has 5 heteroatoms. The van der Waals surface area contributed by atoms with Crippen LogP contribution in [0.15, 0.2) is 30.3 Å². The molecular weight excluding hydrogens is 284 g/mol. The van der Waals surface area contributed by atoms with Gasteiger partial charge in [0.1, 0.15) is 0 Å². The van der Waals surface area contributed by atoms with Crippen LogP contribution in [0, 0.1) is 13.8 Å².